The molecular weight excluding hydrogens is 272 g/mol. The Morgan fingerprint density at radius 3 is 2.85 bits per heavy atom. The van der Waals surface area contributed by atoms with Crippen LogP contribution in [0.25, 0.3) is 0 Å². The topological polar surface area (TPSA) is 41.1 Å². The number of carbonyl (C=O) groups is 1. The van der Waals surface area contributed by atoms with E-state index in [-0.39, 0.29) is 5.91 Å². The van der Waals surface area contributed by atoms with Gasteiger partial charge < -0.3 is 10.6 Å². The van der Waals surface area contributed by atoms with Crippen LogP contribution < -0.4 is 10.6 Å². The van der Waals surface area contributed by atoms with E-state index in [1.54, 1.807) is 0 Å². The second-order valence-electron chi connectivity index (χ2n) is 6.03. The lowest BCUT2D eigenvalue weighted by Gasteiger charge is -2.28. The molecule has 20 heavy (non-hydrogen) atoms. The molecule has 1 atom stereocenters. The molecule has 0 bridgehead atoms. The fourth-order valence-electron chi connectivity index (χ4n) is 2.65. The summed E-state index contributed by atoms with van der Waals surface area (Å²) in [6.45, 7) is 6.66. The Bertz CT molecular complexity index is 467. The third kappa shape index (κ3) is 3.53. The van der Waals surface area contributed by atoms with Gasteiger partial charge in [-0.1, -0.05) is 29.8 Å². The summed E-state index contributed by atoms with van der Waals surface area (Å²) in [7, 11) is 0. The lowest BCUT2D eigenvalue weighted by Crippen LogP contribution is -2.44. The van der Waals surface area contributed by atoms with E-state index in [9.17, 15) is 4.79 Å². The van der Waals surface area contributed by atoms with Gasteiger partial charge in [-0.15, -0.1) is 0 Å². The first-order valence-corrected chi connectivity index (χ1v) is 7.63. The Morgan fingerprint density at radius 1 is 1.45 bits per heavy atom. The van der Waals surface area contributed by atoms with Crippen LogP contribution in [0.3, 0.4) is 0 Å². The zero-order valence-electron chi connectivity index (χ0n) is 12.2. The molecule has 1 heterocycles. The van der Waals surface area contributed by atoms with Gasteiger partial charge in [0, 0.05) is 11.6 Å². The van der Waals surface area contributed by atoms with Gasteiger partial charge in [0.1, 0.15) is 0 Å². The molecule has 4 heteroatoms. The van der Waals surface area contributed by atoms with E-state index in [2.05, 4.69) is 10.6 Å². The number of carbonyl (C=O) groups excluding carboxylic acids is 1. The molecule has 0 aliphatic carbocycles. The number of hydrogen-bond donors (Lipinski definition) is 2. The van der Waals surface area contributed by atoms with E-state index < -0.39 is 5.41 Å². The summed E-state index contributed by atoms with van der Waals surface area (Å²) in [6.07, 6.45) is 2.37. The summed E-state index contributed by atoms with van der Waals surface area (Å²) in [5.41, 5.74) is 0.265. The maximum Gasteiger partial charge on any atom is 0.230 e. The normalized spacial score (nSPS) is 19.6. The molecule has 1 aromatic rings. The van der Waals surface area contributed by atoms with Crippen LogP contribution in [-0.2, 0) is 10.2 Å². The average molecular weight is 295 g/mol. The highest BCUT2D eigenvalue weighted by Gasteiger charge is 2.31. The van der Waals surface area contributed by atoms with E-state index in [1.807, 2.05) is 38.1 Å². The third-order valence-electron chi connectivity index (χ3n) is 4.07. The molecule has 0 saturated carbocycles. The fraction of sp³-hybridized carbons (Fsp3) is 0.562. The van der Waals surface area contributed by atoms with E-state index in [4.69, 9.17) is 11.6 Å². The Labute approximate surface area is 126 Å². The molecule has 1 fully saturated rings. The Balaban J connectivity index is 1.98. The van der Waals surface area contributed by atoms with Crippen molar-refractivity contribution >= 4 is 17.5 Å². The Morgan fingerprint density at radius 2 is 2.20 bits per heavy atom. The van der Waals surface area contributed by atoms with Gasteiger partial charge in [0.25, 0.3) is 0 Å². The molecule has 3 nitrogen and oxygen atoms in total. The highest BCUT2D eigenvalue weighted by molar-refractivity contribution is 6.31. The smallest absolute Gasteiger partial charge is 0.230 e. The van der Waals surface area contributed by atoms with Crippen LogP contribution in [0.5, 0.6) is 0 Å². The van der Waals surface area contributed by atoms with E-state index in [1.165, 1.54) is 12.8 Å². The van der Waals surface area contributed by atoms with Crippen molar-refractivity contribution in [3.63, 3.8) is 0 Å². The van der Waals surface area contributed by atoms with Crippen LogP contribution in [-0.4, -0.2) is 25.5 Å². The summed E-state index contributed by atoms with van der Waals surface area (Å²) in [6, 6.07) is 7.55. The minimum Gasteiger partial charge on any atom is -0.355 e. The molecule has 1 aliphatic rings. The van der Waals surface area contributed by atoms with Crippen molar-refractivity contribution in [3.8, 4) is 0 Å². The van der Waals surface area contributed by atoms with E-state index in [0.29, 0.717) is 10.9 Å². The van der Waals surface area contributed by atoms with Crippen LogP contribution in [0.1, 0.15) is 32.3 Å². The van der Waals surface area contributed by atoms with E-state index in [0.717, 1.165) is 25.2 Å². The highest BCUT2D eigenvalue weighted by Crippen LogP contribution is 2.29. The van der Waals surface area contributed by atoms with Crippen LogP contribution in [0, 0.1) is 5.92 Å². The van der Waals surface area contributed by atoms with Crippen molar-refractivity contribution in [1.29, 1.82) is 0 Å². The van der Waals surface area contributed by atoms with Crippen LogP contribution in [0.2, 0.25) is 5.02 Å². The zero-order chi connectivity index (χ0) is 14.6. The van der Waals surface area contributed by atoms with Crippen molar-refractivity contribution in [3.05, 3.63) is 34.9 Å². The molecule has 0 radical (unpaired) electrons. The van der Waals surface area contributed by atoms with Gasteiger partial charge in [0.2, 0.25) is 5.91 Å². The summed E-state index contributed by atoms with van der Waals surface area (Å²) in [5.74, 6) is 0.575. The Kier molecular flexibility index (Phi) is 5.06. The predicted octanol–water partition coefficient (Wildman–Crippen LogP) is 2.73. The molecule has 2 rings (SSSR count). The third-order valence-corrected chi connectivity index (χ3v) is 4.39. The van der Waals surface area contributed by atoms with Crippen LogP contribution in [0.4, 0.5) is 0 Å². The van der Waals surface area contributed by atoms with Crippen molar-refractivity contribution in [2.75, 3.05) is 19.6 Å². The van der Waals surface area contributed by atoms with Crippen LogP contribution in [0.15, 0.2) is 24.3 Å². The lowest BCUT2D eigenvalue weighted by atomic mass is 9.83. The average Bonchev–Trinajstić information content (AvgIpc) is 2.46. The van der Waals surface area contributed by atoms with Gasteiger partial charge in [0.05, 0.1) is 5.41 Å². The SMILES string of the molecule is CC(C)(C(=O)NCC1CCCNC1)c1ccccc1Cl. The molecule has 1 aliphatic heterocycles. The maximum absolute atomic E-state index is 12.5. The minimum absolute atomic E-state index is 0.0381. The first-order valence-electron chi connectivity index (χ1n) is 7.26. The Hall–Kier alpha value is -1.06. The van der Waals surface area contributed by atoms with Gasteiger partial charge in [-0.05, 0) is 57.3 Å². The van der Waals surface area contributed by atoms with Gasteiger partial charge in [0.15, 0.2) is 0 Å². The summed E-state index contributed by atoms with van der Waals surface area (Å²) >= 11 is 6.21. The standard InChI is InChI=1S/C16H23ClN2O/c1-16(2,13-7-3-4-8-14(13)17)15(20)19-11-12-6-5-9-18-10-12/h3-4,7-8,12,18H,5-6,9-11H2,1-2H3,(H,19,20). The lowest BCUT2D eigenvalue weighted by molar-refractivity contribution is -0.125. The van der Waals surface area contributed by atoms with Crippen molar-refractivity contribution in [2.24, 2.45) is 5.92 Å². The fourth-order valence-corrected chi connectivity index (χ4v) is 3.02. The second kappa shape index (κ2) is 6.59. The molecule has 0 spiro atoms. The largest absolute Gasteiger partial charge is 0.355 e. The molecule has 0 aromatic heterocycles. The van der Waals surface area contributed by atoms with Gasteiger partial charge in [-0.25, -0.2) is 0 Å². The molecule has 110 valence electrons. The number of hydrogen-bond acceptors (Lipinski definition) is 2. The van der Waals surface area contributed by atoms with E-state index >= 15 is 0 Å². The molecule has 1 amide bonds. The summed E-state index contributed by atoms with van der Waals surface area (Å²) < 4.78 is 0. The van der Waals surface area contributed by atoms with Gasteiger partial charge >= 0.3 is 0 Å². The zero-order valence-corrected chi connectivity index (χ0v) is 13.0. The predicted molar refractivity (Wildman–Crippen MR) is 83.1 cm³/mol. The number of amides is 1. The highest BCUT2D eigenvalue weighted by atomic mass is 35.5. The monoisotopic (exact) mass is 294 g/mol. The first-order chi connectivity index (χ1) is 9.51. The van der Waals surface area contributed by atoms with Gasteiger partial charge in [-0.2, -0.15) is 0 Å². The maximum atomic E-state index is 12.5. The van der Waals surface area contributed by atoms with Gasteiger partial charge in [-0.3, -0.25) is 4.79 Å². The van der Waals surface area contributed by atoms with Crippen LogP contribution >= 0.6 is 11.6 Å². The first kappa shape index (κ1) is 15.3. The molecule has 1 aromatic carbocycles. The van der Waals surface area contributed by atoms with Crippen molar-refractivity contribution in [2.45, 2.75) is 32.1 Å². The quantitative estimate of drug-likeness (QED) is 0.896. The number of rotatable bonds is 4. The number of benzene rings is 1. The summed E-state index contributed by atoms with van der Waals surface area (Å²) in [4.78, 5) is 12.5. The molecule has 1 saturated heterocycles. The molecule has 1 unspecified atom stereocenters. The number of piperidine rings is 1. The minimum atomic E-state index is -0.611. The molecular formula is C16H23ClN2O. The molecule has 2 N–H and O–H groups in total. The number of halogens is 1. The van der Waals surface area contributed by atoms with Crippen molar-refractivity contribution < 1.29 is 4.79 Å². The number of nitrogens with one attached hydrogen (secondary N) is 2. The van der Waals surface area contributed by atoms with Crippen molar-refractivity contribution in [1.82, 2.24) is 10.6 Å². The summed E-state index contributed by atoms with van der Waals surface area (Å²) in [5, 5.41) is 7.09. The second-order valence-corrected chi connectivity index (χ2v) is 6.43.